The number of halogens is 1. The summed E-state index contributed by atoms with van der Waals surface area (Å²) in [5.41, 5.74) is 4.95. The van der Waals surface area contributed by atoms with Crippen molar-refractivity contribution in [3.8, 4) is 11.4 Å². The van der Waals surface area contributed by atoms with Crippen molar-refractivity contribution in [1.82, 2.24) is 19.6 Å². The van der Waals surface area contributed by atoms with Crippen LogP contribution in [0.2, 0.25) is 5.02 Å². The quantitative estimate of drug-likeness (QED) is 0.549. The van der Waals surface area contributed by atoms with Gasteiger partial charge in [0.1, 0.15) is 5.82 Å². The van der Waals surface area contributed by atoms with Crippen LogP contribution in [0.3, 0.4) is 0 Å². The Morgan fingerprint density at radius 1 is 0.923 bits per heavy atom. The maximum atomic E-state index is 6.24. The zero-order valence-electron chi connectivity index (χ0n) is 14.8. The van der Waals surface area contributed by atoms with E-state index in [2.05, 4.69) is 27.3 Å². The summed E-state index contributed by atoms with van der Waals surface area (Å²) in [6, 6.07) is 15.9. The molecule has 26 heavy (non-hydrogen) atoms. The molecule has 130 valence electrons. The lowest BCUT2D eigenvalue weighted by molar-refractivity contribution is 0.940. The number of hydrogen-bond donors (Lipinski definition) is 1. The fourth-order valence-corrected chi connectivity index (χ4v) is 2.90. The molecule has 0 aliphatic heterocycles. The van der Waals surface area contributed by atoms with Crippen LogP contribution in [-0.2, 0) is 0 Å². The molecule has 0 unspecified atom stereocenters. The molecule has 0 spiro atoms. The molecule has 2 aromatic heterocycles. The molecule has 0 aliphatic carbocycles. The van der Waals surface area contributed by atoms with E-state index in [1.54, 1.807) is 4.52 Å². The van der Waals surface area contributed by atoms with Crippen LogP contribution in [0.1, 0.15) is 16.8 Å². The highest BCUT2D eigenvalue weighted by Crippen LogP contribution is 2.25. The summed E-state index contributed by atoms with van der Waals surface area (Å²) in [5.74, 6) is 1.99. The van der Waals surface area contributed by atoms with Gasteiger partial charge >= 0.3 is 0 Å². The highest BCUT2D eigenvalue weighted by atomic mass is 35.5. The number of aromatic nitrogens is 4. The molecule has 0 radical (unpaired) electrons. The topological polar surface area (TPSA) is 55.1 Å². The van der Waals surface area contributed by atoms with Gasteiger partial charge in [-0.05, 0) is 38.5 Å². The molecule has 1 N–H and O–H groups in total. The van der Waals surface area contributed by atoms with Gasteiger partial charge in [-0.1, -0.05) is 47.5 Å². The van der Waals surface area contributed by atoms with Crippen molar-refractivity contribution in [3.63, 3.8) is 0 Å². The van der Waals surface area contributed by atoms with Crippen molar-refractivity contribution in [1.29, 1.82) is 0 Å². The monoisotopic (exact) mass is 363 g/mol. The van der Waals surface area contributed by atoms with Gasteiger partial charge < -0.3 is 5.32 Å². The van der Waals surface area contributed by atoms with E-state index in [0.717, 1.165) is 33.3 Å². The zero-order chi connectivity index (χ0) is 18.3. The summed E-state index contributed by atoms with van der Waals surface area (Å²) in [4.78, 5) is 9.08. The largest absolute Gasteiger partial charge is 0.340 e. The van der Waals surface area contributed by atoms with Crippen LogP contribution in [-0.4, -0.2) is 19.6 Å². The minimum absolute atomic E-state index is 0.557. The maximum absolute atomic E-state index is 6.24. The first-order chi connectivity index (χ1) is 12.5. The fourth-order valence-electron chi connectivity index (χ4n) is 2.72. The third kappa shape index (κ3) is 3.13. The molecular weight excluding hydrogens is 346 g/mol. The lowest BCUT2D eigenvalue weighted by Crippen LogP contribution is -2.02. The Kier molecular flexibility index (Phi) is 4.09. The van der Waals surface area contributed by atoms with Crippen molar-refractivity contribution in [2.75, 3.05) is 5.32 Å². The number of aryl methyl sites for hydroxylation is 3. The van der Waals surface area contributed by atoms with E-state index in [0.29, 0.717) is 11.6 Å². The Bertz CT molecular complexity index is 1100. The van der Waals surface area contributed by atoms with E-state index in [1.165, 1.54) is 5.56 Å². The molecular formula is C20H18ClN5. The summed E-state index contributed by atoms with van der Waals surface area (Å²) in [7, 11) is 0. The number of hydrogen-bond acceptors (Lipinski definition) is 4. The van der Waals surface area contributed by atoms with E-state index in [1.807, 2.05) is 62.4 Å². The first kappa shape index (κ1) is 16.5. The van der Waals surface area contributed by atoms with Gasteiger partial charge in [-0.15, -0.1) is 5.10 Å². The molecule has 6 heteroatoms. The third-order valence-corrected chi connectivity index (χ3v) is 4.60. The minimum Gasteiger partial charge on any atom is -0.340 e. The van der Waals surface area contributed by atoms with E-state index < -0.39 is 0 Å². The smallest absolute Gasteiger partial charge is 0.254 e. The molecule has 2 heterocycles. The number of nitrogens with zero attached hydrogens (tertiary/aromatic N) is 4. The summed E-state index contributed by atoms with van der Waals surface area (Å²) in [6.07, 6.45) is 0. The lowest BCUT2D eigenvalue weighted by Gasteiger charge is -2.09. The van der Waals surface area contributed by atoms with Crippen LogP contribution >= 0.6 is 11.6 Å². The molecule has 0 atom stereocenters. The van der Waals surface area contributed by atoms with Crippen LogP contribution in [0.15, 0.2) is 48.5 Å². The van der Waals surface area contributed by atoms with Crippen molar-refractivity contribution in [2.24, 2.45) is 0 Å². The van der Waals surface area contributed by atoms with E-state index in [-0.39, 0.29) is 0 Å². The van der Waals surface area contributed by atoms with Gasteiger partial charge in [-0.2, -0.15) is 9.50 Å². The lowest BCUT2D eigenvalue weighted by atomic mass is 10.1. The second-order valence-electron chi connectivity index (χ2n) is 6.38. The Morgan fingerprint density at radius 3 is 2.42 bits per heavy atom. The molecule has 0 saturated carbocycles. The molecule has 0 bridgehead atoms. The van der Waals surface area contributed by atoms with Gasteiger partial charge in [0.05, 0.1) is 0 Å². The van der Waals surface area contributed by atoms with Crippen molar-refractivity contribution in [3.05, 3.63) is 70.4 Å². The highest BCUT2D eigenvalue weighted by Gasteiger charge is 2.12. The van der Waals surface area contributed by atoms with Crippen LogP contribution < -0.4 is 5.32 Å². The second kappa shape index (κ2) is 6.42. The average molecular weight is 364 g/mol. The molecule has 0 saturated heterocycles. The fraction of sp³-hybridized carbons (Fsp3) is 0.150. The van der Waals surface area contributed by atoms with E-state index in [9.17, 15) is 0 Å². The first-order valence-corrected chi connectivity index (χ1v) is 8.72. The van der Waals surface area contributed by atoms with E-state index in [4.69, 9.17) is 11.6 Å². The first-order valence-electron chi connectivity index (χ1n) is 8.34. The normalized spacial score (nSPS) is 11.1. The molecule has 4 aromatic rings. The Hall–Kier alpha value is -2.92. The molecule has 4 rings (SSSR count). The van der Waals surface area contributed by atoms with Crippen molar-refractivity contribution >= 4 is 28.9 Å². The molecule has 2 aromatic carbocycles. The second-order valence-corrected chi connectivity index (χ2v) is 6.79. The Morgan fingerprint density at radius 2 is 1.69 bits per heavy atom. The van der Waals surface area contributed by atoms with Crippen LogP contribution in [0, 0.1) is 20.8 Å². The number of rotatable bonds is 3. The maximum Gasteiger partial charge on any atom is 0.254 e. The number of nitrogens with one attached hydrogen (secondary N) is 1. The standard InChI is InChI=1S/C20H18ClN5/c1-12-4-7-15(8-5-12)19-24-20-22-14(3)10-18(26(20)25-19)23-16-9-6-13(2)17(21)11-16/h4-11,23H,1-3H3. The minimum atomic E-state index is 0.557. The molecule has 0 fully saturated rings. The Balaban J connectivity index is 1.78. The van der Waals surface area contributed by atoms with Crippen LogP contribution in [0.5, 0.6) is 0 Å². The summed E-state index contributed by atoms with van der Waals surface area (Å²) >= 11 is 6.24. The summed E-state index contributed by atoms with van der Waals surface area (Å²) < 4.78 is 1.72. The van der Waals surface area contributed by atoms with Crippen molar-refractivity contribution in [2.45, 2.75) is 20.8 Å². The molecule has 0 aliphatic rings. The zero-order valence-corrected chi connectivity index (χ0v) is 15.5. The highest BCUT2D eigenvalue weighted by molar-refractivity contribution is 6.31. The third-order valence-electron chi connectivity index (χ3n) is 4.19. The van der Waals surface area contributed by atoms with Crippen LogP contribution in [0.4, 0.5) is 11.5 Å². The summed E-state index contributed by atoms with van der Waals surface area (Å²) in [6.45, 7) is 5.97. The summed E-state index contributed by atoms with van der Waals surface area (Å²) in [5, 5.41) is 8.72. The number of anilines is 2. The van der Waals surface area contributed by atoms with E-state index >= 15 is 0 Å². The van der Waals surface area contributed by atoms with Gasteiger partial charge in [0.15, 0.2) is 5.82 Å². The van der Waals surface area contributed by atoms with Gasteiger partial charge in [0.25, 0.3) is 5.78 Å². The van der Waals surface area contributed by atoms with Gasteiger partial charge in [0.2, 0.25) is 0 Å². The predicted molar refractivity (Wildman–Crippen MR) is 105 cm³/mol. The average Bonchev–Trinajstić information content (AvgIpc) is 3.03. The molecule has 5 nitrogen and oxygen atoms in total. The number of fused-ring (bicyclic) bond motifs is 1. The number of benzene rings is 2. The van der Waals surface area contributed by atoms with Gasteiger partial charge in [-0.3, -0.25) is 0 Å². The Labute approximate surface area is 156 Å². The van der Waals surface area contributed by atoms with Gasteiger partial charge in [-0.25, -0.2) is 4.98 Å². The van der Waals surface area contributed by atoms with Crippen LogP contribution in [0.25, 0.3) is 17.2 Å². The van der Waals surface area contributed by atoms with Crippen molar-refractivity contribution < 1.29 is 0 Å². The molecule has 0 amide bonds. The SMILES string of the molecule is Cc1ccc(-c2nc3nc(C)cc(Nc4ccc(C)c(Cl)c4)n3n2)cc1. The van der Waals surface area contributed by atoms with Gasteiger partial charge in [0, 0.05) is 28.0 Å². The predicted octanol–water partition coefficient (Wildman–Crippen LogP) is 5.11.